The molecule has 0 radical (unpaired) electrons. The van der Waals surface area contributed by atoms with Gasteiger partial charge in [-0.05, 0) is 56.1 Å². The molecule has 0 fully saturated rings. The number of rotatable bonds is 2. The van der Waals surface area contributed by atoms with E-state index in [2.05, 4.69) is 23.3 Å². The van der Waals surface area contributed by atoms with Gasteiger partial charge >= 0.3 is 0 Å². The topological polar surface area (TPSA) is 42.0 Å². The van der Waals surface area contributed by atoms with E-state index in [-0.39, 0.29) is 5.91 Å². The van der Waals surface area contributed by atoms with Gasteiger partial charge in [-0.2, -0.15) is 0 Å². The summed E-state index contributed by atoms with van der Waals surface area (Å²) >= 11 is 3.30. The van der Waals surface area contributed by atoms with Crippen molar-refractivity contribution in [3.05, 3.63) is 32.0 Å². The zero-order valence-electron chi connectivity index (χ0n) is 12.1. The molecular formula is C16H18N2OS2. The van der Waals surface area contributed by atoms with Gasteiger partial charge in [0.2, 0.25) is 0 Å². The van der Waals surface area contributed by atoms with Crippen molar-refractivity contribution in [2.24, 2.45) is 5.92 Å². The van der Waals surface area contributed by atoms with Crippen molar-refractivity contribution in [1.82, 2.24) is 4.98 Å². The maximum atomic E-state index is 12.4. The Balaban J connectivity index is 1.52. The third-order valence-corrected chi connectivity index (χ3v) is 6.68. The number of fused-ring (bicyclic) bond motifs is 2. The highest BCUT2D eigenvalue weighted by Gasteiger charge is 2.22. The van der Waals surface area contributed by atoms with Crippen LogP contribution in [0.4, 0.5) is 5.13 Å². The van der Waals surface area contributed by atoms with Crippen molar-refractivity contribution in [2.75, 3.05) is 5.32 Å². The van der Waals surface area contributed by atoms with E-state index in [0.717, 1.165) is 41.6 Å². The molecule has 1 amide bonds. The van der Waals surface area contributed by atoms with Gasteiger partial charge in [0.1, 0.15) is 0 Å². The maximum Gasteiger partial charge on any atom is 0.267 e. The second-order valence-electron chi connectivity index (χ2n) is 6.10. The molecule has 21 heavy (non-hydrogen) atoms. The monoisotopic (exact) mass is 318 g/mol. The van der Waals surface area contributed by atoms with Crippen LogP contribution < -0.4 is 5.32 Å². The number of nitrogens with zero attached hydrogens (tertiary/aromatic N) is 1. The summed E-state index contributed by atoms with van der Waals surface area (Å²) in [5.74, 6) is 0.749. The summed E-state index contributed by atoms with van der Waals surface area (Å²) in [6.45, 7) is 2.29. The number of carbonyl (C=O) groups excluding carboxylic acids is 1. The third-order valence-electron chi connectivity index (χ3n) is 4.37. The molecule has 1 N–H and O–H groups in total. The lowest BCUT2D eigenvalue weighted by atomic mass is 9.90. The van der Waals surface area contributed by atoms with Crippen LogP contribution in [-0.2, 0) is 25.7 Å². The fourth-order valence-corrected chi connectivity index (χ4v) is 5.37. The Morgan fingerprint density at radius 3 is 3.05 bits per heavy atom. The van der Waals surface area contributed by atoms with E-state index >= 15 is 0 Å². The van der Waals surface area contributed by atoms with Crippen LogP contribution in [0, 0.1) is 5.92 Å². The highest BCUT2D eigenvalue weighted by molar-refractivity contribution is 7.16. The SMILES string of the molecule is C[C@H]1CCc2sc(C(=O)Nc3nc4c(s3)CCC4)cc2C1. The fourth-order valence-electron chi connectivity index (χ4n) is 3.22. The maximum absolute atomic E-state index is 12.4. The molecule has 0 spiro atoms. The van der Waals surface area contributed by atoms with E-state index in [0.29, 0.717) is 0 Å². The van der Waals surface area contributed by atoms with Crippen LogP contribution in [-0.4, -0.2) is 10.9 Å². The summed E-state index contributed by atoms with van der Waals surface area (Å²) in [6.07, 6.45) is 6.87. The van der Waals surface area contributed by atoms with Gasteiger partial charge in [0.15, 0.2) is 5.13 Å². The van der Waals surface area contributed by atoms with Gasteiger partial charge in [-0.3, -0.25) is 10.1 Å². The Kier molecular flexibility index (Phi) is 3.34. The molecule has 110 valence electrons. The first-order valence-corrected chi connectivity index (χ1v) is 9.24. The van der Waals surface area contributed by atoms with Gasteiger partial charge < -0.3 is 0 Å². The minimum absolute atomic E-state index is 0.00877. The number of nitrogens with one attached hydrogen (secondary N) is 1. The largest absolute Gasteiger partial charge is 0.297 e. The standard InChI is InChI=1S/C16H18N2OS2/c1-9-5-6-12-10(7-9)8-14(20-12)15(19)18-16-17-11-3-2-4-13(11)21-16/h8-9H,2-7H2,1H3,(H,17,18,19)/t9-/m0/s1. The van der Waals surface area contributed by atoms with E-state index < -0.39 is 0 Å². The highest BCUT2D eigenvalue weighted by Crippen LogP contribution is 2.34. The van der Waals surface area contributed by atoms with E-state index in [1.807, 2.05) is 0 Å². The Labute approximate surface area is 132 Å². The second-order valence-corrected chi connectivity index (χ2v) is 8.32. The van der Waals surface area contributed by atoms with Crippen molar-refractivity contribution in [1.29, 1.82) is 0 Å². The number of thiophene rings is 1. The smallest absolute Gasteiger partial charge is 0.267 e. The predicted molar refractivity (Wildman–Crippen MR) is 87.6 cm³/mol. The normalized spacial score (nSPS) is 20.1. The van der Waals surface area contributed by atoms with Crippen molar-refractivity contribution in [3.8, 4) is 0 Å². The summed E-state index contributed by atoms with van der Waals surface area (Å²) < 4.78 is 0. The molecule has 0 aliphatic heterocycles. The zero-order chi connectivity index (χ0) is 14.4. The molecule has 3 nitrogen and oxygen atoms in total. The summed E-state index contributed by atoms with van der Waals surface area (Å²) in [5, 5.41) is 3.75. The lowest BCUT2D eigenvalue weighted by molar-refractivity contribution is 0.103. The number of hydrogen-bond donors (Lipinski definition) is 1. The van der Waals surface area contributed by atoms with Crippen LogP contribution in [0.15, 0.2) is 6.07 Å². The van der Waals surface area contributed by atoms with Crippen molar-refractivity contribution in [2.45, 2.75) is 45.4 Å². The van der Waals surface area contributed by atoms with Gasteiger partial charge in [0, 0.05) is 9.75 Å². The van der Waals surface area contributed by atoms with Crippen molar-refractivity contribution in [3.63, 3.8) is 0 Å². The van der Waals surface area contributed by atoms with Gasteiger partial charge in [-0.25, -0.2) is 4.98 Å². The van der Waals surface area contributed by atoms with E-state index in [9.17, 15) is 4.79 Å². The number of carbonyl (C=O) groups is 1. The second kappa shape index (κ2) is 5.21. The third kappa shape index (κ3) is 2.53. The van der Waals surface area contributed by atoms with Crippen molar-refractivity contribution >= 4 is 33.7 Å². The lowest BCUT2D eigenvalue weighted by Gasteiger charge is -2.16. The predicted octanol–water partition coefficient (Wildman–Crippen LogP) is 4.07. The Morgan fingerprint density at radius 1 is 1.29 bits per heavy atom. The average molecular weight is 318 g/mol. The first-order valence-electron chi connectivity index (χ1n) is 7.60. The molecule has 2 aromatic rings. The summed E-state index contributed by atoms with van der Waals surface area (Å²) in [7, 11) is 0. The van der Waals surface area contributed by atoms with Crippen LogP contribution in [0.5, 0.6) is 0 Å². The Morgan fingerprint density at radius 2 is 2.19 bits per heavy atom. The van der Waals surface area contributed by atoms with Crippen LogP contribution in [0.2, 0.25) is 0 Å². The number of aryl methyl sites for hydroxylation is 3. The molecule has 0 bridgehead atoms. The molecule has 2 aliphatic rings. The summed E-state index contributed by atoms with van der Waals surface area (Å²) in [5.41, 5.74) is 2.57. The van der Waals surface area contributed by atoms with Crippen LogP contribution in [0.3, 0.4) is 0 Å². The van der Waals surface area contributed by atoms with Gasteiger partial charge in [0.25, 0.3) is 5.91 Å². The molecule has 2 aromatic heterocycles. The number of amides is 1. The minimum atomic E-state index is 0.00877. The summed E-state index contributed by atoms with van der Waals surface area (Å²) in [4.78, 5) is 20.5. The minimum Gasteiger partial charge on any atom is -0.297 e. The molecule has 2 heterocycles. The average Bonchev–Trinajstić information content (AvgIpc) is 3.10. The van der Waals surface area contributed by atoms with Crippen LogP contribution in [0.1, 0.15) is 50.4 Å². The van der Waals surface area contributed by atoms with E-state index in [1.54, 1.807) is 22.7 Å². The number of anilines is 1. The Bertz CT molecular complexity index is 680. The first-order chi connectivity index (χ1) is 10.2. The lowest BCUT2D eigenvalue weighted by Crippen LogP contribution is -2.10. The fraction of sp³-hybridized carbons (Fsp3) is 0.500. The highest BCUT2D eigenvalue weighted by atomic mass is 32.1. The number of aromatic nitrogens is 1. The molecule has 0 unspecified atom stereocenters. The van der Waals surface area contributed by atoms with E-state index in [1.165, 1.54) is 33.9 Å². The molecule has 1 atom stereocenters. The molecule has 0 saturated carbocycles. The summed E-state index contributed by atoms with van der Waals surface area (Å²) in [6, 6.07) is 2.09. The molecule has 0 aromatic carbocycles. The number of hydrogen-bond acceptors (Lipinski definition) is 4. The first kappa shape index (κ1) is 13.5. The van der Waals surface area contributed by atoms with Crippen LogP contribution >= 0.6 is 22.7 Å². The molecule has 5 heteroatoms. The van der Waals surface area contributed by atoms with E-state index in [4.69, 9.17) is 0 Å². The molecule has 0 saturated heterocycles. The van der Waals surface area contributed by atoms with Gasteiger partial charge in [0.05, 0.1) is 10.6 Å². The van der Waals surface area contributed by atoms with Crippen molar-refractivity contribution < 1.29 is 4.79 Å². The molecule has 4 rings (SSSR count). The van der Waals surface area contributed by atoms with Gasteiger partial charge in [-0.15, -0.1) is 22.7 Å². The zero-order valence-corrected chi connectivity index (χ0v) is 13.7. The number of thiazole rings is 1. The van der Waals surface area contributed by atoms with Crippen LogP contribution in [0.25, 0.3) is 0 Å². The Hall–Kier alpha value is -1.20. The van der Waals surface area contributed by atoms with Gasteiger partial charge in [-0.1, -0.05) is 6.92 Å². The molecular weight excluding hydrogens is 300 g/mol. The molecule has 2 aliphatic carbocycles. The quantitative estimate of drug-likeness (QED) is 0.907.